The van der Waals surface area contributed by atoms with Crippen molar-refractivity contribution in [3.05, 3.63) is 39.0 Å². The van der Waals surface area contributed by atoms with Crippen molar-refractivity contribution in [1.82, 2.24) is 9.55 Å². The lowest BCUT2D eigenvalue weighted by Gasteiger charge is -2.03. The summed E-state index contributed by atoms with van der Waals surface area (Å²) < 4.78 is 0.888. The van der Waals surface area contributed by atoms with E-state index in [1.807, 2.05) is 0 Å². The maximum atomic E-state index is 11.7. The van der Waals surface area contributed by atoms with Crippen molar-refractivity contribution in [1.29, 1.82) is 0 Å². The SMILES string of the molecule is NCn1c(=O)[nH]c2cc(O)ccc2c1=O. The third-order valence-electron chi connectivity index (χ3n) is 2.15. The van der Waals surface area contributed by atoms with Gasteiger partial charge in [0, 0.05) is 6.07 Å². The normalized spacial score (nSPS) is 10.7. The van der Waals surface area contributed by atoms with Crippen molar-refractivity contribution < 1.29 is 5.11 Å². The highest BCUT2D eigenvalue weighted by Gasteiger charge is 2.05. The van der Waals surface area contributed by atoms with E-state index in [1.54, 1.807) is 0 Å². The molecule has 1 aromatic heterocycles. The Morgan fingerprint density at radius 3 is 2.80 bits per heavy atom. The molecule has 1 heterocycles. The van der Waals surface area contributed by atoms with Crippen LogP contribution in [0.3, 0.4) is 0 Å². The molecule has 6 heteroatoms. The molecule has 0 radical (unpaired) electrons. The predicted octanol–water partition coefficient (Wildman–Crippen LogP) is -0.688. The second-order valence-corrected chi connectivity index (χ2v) is 3.08. The maximum absolute atomic E-state index is 11.7. The number of rotatable bonds is 1. The van der Waals surface area contributed by atoms with Crippen LogP contribution in [0.15, 0.2) is 27.8 Å². The van der Waals surface area contributed by atoms with E-state index in [1.165, 1.54) is 18.2 Å². The predicted molar refractivity (Wildman–Crippen MR) is 54.7 cm³/mol. The second kappa shape index (κ2) is 3.25. The van der Waals surface area contributed by atoms with Crippen LogP contribution < -0.4 is 17.0 Å². The van der Waals surface area contributed by atoms with Crippen LogP contribution in [-0.4, -0.2) is 14.7 Å². The largest absolute Gasteiger partial charge is 0.508 e. The third kappa shape index (κ3) is 1.40. The number of H-pyrrole nitrogens is 1. The number of aromatic hydroxyl groups is 1. The summed E-state index contributed by atoms with van der Waals surface area (Å²) in [6.45, 7) is -0.176. The number of fused-ring (bicyclic) bond motifs is 1. The number of nitrogens with two attached hydrogens (primary N) is 1. The van der Waals surface area contributed by atoms with Gasteiger partial charge in [0.1, 0.15) is 5.75 Å². The summed E-state index contributed by atoms with van der Waals surface area (Å²) in [4.78, 5) is 25.5. The zero-order valence-electron chi connectivity index (χ0n) is 7.73. The highest BCUT2D eigenvalue weighted by Crippen LogP contribution is 2.13. The Kier molecular flexibility index (Phi) is 2.05. The molecule has 0 unspecified atom stereocenters. The van der Waals surface area contributed by atoms with Gasteiger partial charge < -0.3 is 15.8 Å². The first-order valence-electron chi connectivity index (χ1n) is 4.29. The lowest BCUT2D eigenvalue weighted by Crippen LogP contribution is -2.37. The summed E-state index contributed by atoms with van der Waals surface area (Å²) >= 11 is 0. The van der Waals surface area contributed by atoms with Gasteiger partial charge in [0.25, 0.3) is 5.56 Å². The lowest BCUT2D eigenvalue weighted by atomic mass is 10.2. The number of benzene rings is 1. The number of hydrogen-bond donors (Lipinski definition) is 3. The topological polar surface area (TPSA) is 101 Å². The highest BCUT2D eigenvalue weighted by atomic mass is 16.3. The summed E-state index contributed by atoms with van der Waals surface area (Å²) in [5.41, 5.74) is 4.52. The van der Waals surface area contributed by atoms with Crippen LogP contribution >= 0.6 is 0 Å². The Morgan fingerprint density at radius 2 is 2.13 bits per heavy atom. The van der Waals surface area contributed by atoms with Gasteiger partial charge >= 0.3 is 5.69 Å². The molecule has 1 aromatic carbocycles. The quantitative estimate of drug-likeness (QED) is 0.576. The minimum absolute atomic E-state index is 0.0111. The van der Waals surface area contributed by atoms with Crippen molar-refractivity contribution >= 4 is 10.9 Å². The van der Waals surface area contributed by atoms with Crippen LogP contribution in [0.2, 0.25) is 0 Å². The Morgan fingerprint density at radius 1 is 1.40 bits per heavy atom. The number of aromatic amines is 1. The average Bonchev–Trinajstić information content (AvgIpc) is 2.17. The second-order valence-electron chi connectivity index (χ2n) is 3.08. The molecular weight excluding hydrogens is 198 g/mol. The Labute approximate surface area is 83.6 Å². The molecule has 0 saturated carbocycles. The number of phenolic OH excluding ortho intramolecular Hbond substituents is 1. The molecule has 6 nitrogen and oxygen atoms in total. The van der Waals surface area contributed by atoms with Gasteiger partial charge in [-0.25, -0.2) is 9.36 Å². The first-order chi connectivity index (χ1) is 7.13. The molecule has 0 aliphatic rings. The van der Waals surface area contributed by atoms with Gasteiger partial charge in [0.15, 0.2) is 0 Å². The van der Waals surface area contributed by atoms with Crippen molar-refractivity contribution in [2.24, 2.45) is 5.73 Å². The Balaban J connectivity index is 2.98. The summed E-state index contributed by atoms with van der Waals surface area (Å²) in [7, 11) is 0. The van der Waals surface area contributed by atoms with Gasteiger partial charge in [-0.05, 0) is 12.1 Å². The number of nitrogens with one attached hydrogen (secondary N) is 1. The van der Waals surface area contributed by atoms with Crippen LogP contribution in [0, 0.1) is 0 Å². The average molecular weight is 207 g/mol. The third-order valence-corrected chi connectivity index (χ3v) is 2.15. The number of aromatic nitrogens is 2. The first kappa shape index (κ1) is 9.47. The van der Waals surface area contributed by atoms with Crippen LogP contribution in [0.25, 0.3) is 10.9 Å². The van der Waals surface area contributed by atoms with Gasteiger partial charge in [-0.2, -0.15) is 0 Å². The fraction of sp³-hybridized carbons (Fsp3) is 0.111. The molecule has 0 aliphatic carbocycles. The molecule has 0 atom stereocenters. The molecule has 15 heavy (non-hydrogen) atoms. The molecule has 78 valence electrons. The first-order valence-corrected chi connectivity index (χ1v) is 4.29. The molecule has 0 spiro atoms. The van der Waals surface area contributed by atoms with E-state index in [0.29, 0.717) is 10.9 Å². The van der Waals surface area contributed by atoms with Crippen LogP contribution in [0.1, 0.15) is 0 Å². The fourth-order valence-electron chi connectivity index (χ4n) is 1.41. The smallest absolute Gasteiger partial charge is 0.329 e. The lowest BCUT2D eigenvalue weighted by molar-refractivity contribution is 0.476. The minimum Gasteiger partial charge on any atom is -0.508 e. The number of phenols is 1. The fourth-order valence-corrected chi connectivity index (χ4v) is 1.41. The molecule has 0 bridgehead atoms. The van der Waals surface area contributed by atoms with Gasteiger partial charge in [0.05, 0.1) is 17.6 Å². The highest BCUT2D eigenvalue weighted by molar-refractivity contribution is 5.78. The molecule has 0 saturated heterocycles. The Hall–Kier alpha value is -2.08. The summed E-state index contributed by atoms with van der Waals surface area (Å²) in [5.74, 6) is -0.0111. The van der Waals surface area contributed by atoms with Crippen LogP contribution in [0.4, 0.5) is 0 Å². The molecule has 0 aliphatic heterocycles. The number of hydrogen-bond acceptors (Lipinski definition) is 4. The zero-order chi connectivity index (χ0) is 11.0. The maximum Gasteiger partial charge on any atom is 0.329 e. The standard InChI is InChI=1S/C9H9N3O3/c10-4-12-8(14)6-2-1-5(13)3-7(6)11-9(12)15/h1-3,13H,4,10H2,(H,11,15). The zero-order valence-corrected chi connectivity index (χ0v) is 7.73. The van der Waals surface area contributed by atoms with Crippen molar-refractivity contribution in [2.75, 3.05) is 0 Å². The molecule has 0 fully saturated rings. The van der Waals surface area contributed by atoms with Gasteiger partial charge in [-0.1, -0.05) is 0 Å². The minimum atomic E-state index is -0.583. The molecular formula is C9H9N3O3. The van der Waals surface area contributed by atoms with Crippen molar-refractivity contribution in [3.63, 3.8) is 0 Å². The summed E-state index contributed by atoms with van der Waals surface area (Å²) in [5, 5.41) is 9.50. The van der Waals surface area contributed by atoms with Gasteiger partial charge in [-0.3, -0.25) is 4.79 Å². The van der Waals surface area contributed by atoms with Crippen molar-refractivity contribution in [2.45, 2.75) is 6.67 Å². The van der Waals surface area contributed by atoms with E-state index in [4.69, 9.17) is 5.73 Å². The molecule has 4 N–H and O–H groups in total. The van der Waals surface area contributed by atoms with E-state index in [2.05, 4.69) is 4.98 Å². The van der Waals surface area contributed by atoms with E-state index in [0.717, 1.165) is 4.57 Å². The van der Waals surface area contributed by atoms with E-state index in [9.17, 15) is 14.7 Å². The Bertz CT molecular complexity index is 627. The summed E-state index contributed by atoms with van der Waals surface area (Å²) in [6, 6.07) is 4.14. The van der Waals surface area contributed by atoms with Crippen molar-refractivity contribution in [3.8, 4) is 5.75 Å². The van der Waals surface area contributed by atoms with Crippen LogP contribution in [-0.2, 0) is 6.67 Å². The summed E-state index contributed by atoms with van der Waals surface area (Å²) in [6.07, 6.45) is 0. The van der Waals surface area contributed by atoms with E-state index >= 15 is 0 Å². The van der Waals surface area contributed by atoms with E-state index < -0.39 is 11.2 Å². The van der Waals surface area contributed by atoms with E-state index in [-0.39, 0.29) is 12.4 Å². The molecule has 2 rings (SSSR count). The van der Waals surface area contributed by atoms with Gasteiger partial charge in [0.2, 0.25) is 0 Å². The van der Waals surface area contributed by atoms with Gasteiger partial charge in [-0.15, -0.1) is 0 Å². The monoisotopic (exact) mass is 207 g/mol. The molecule has 2 aromatic rings. The number of nitrogens with zero attached hydrogens (tertiary/aromatic N) is 1. The van der Waals surface area contributed by atoms with Crippen LogP contribution in [0.5, 0.6) is 5.75 Å². The molecule has 0 amide bonds.